The molecule has 5 heteroatoms. The fourth-order valence-corrected chi connectivity index (χ4v) is 3.56. The molecule has 0 saturated heterocycles. The second kappa shape index (κ2) is 7.30. The molecule has 1 aromatic heterocycles. The van der Waals surface area contributed by atoms with Crippen LogP contribution >= 0.6 is 0 Å². The Balaban J connectivity index is 1.47. The summed E-state index contributed by atoms with van der Waals surface area (Å²) in [4.78, 5) is 7.00. The van der Waals surface area contributed by atoms with E-state index in [1.54, 1.807) is 7.11 Å². The molecule has 26 heavy (non-hydrogen) atoms. The molecule has 2 heterocycles. The predicted molar refractivity (Wildman–Crippen MR) is 99.1 cm³/mol. The zero-order chi connectivity index (χ0) is 17.9. The van der Waals surface area contributed by atoms with E-state index in [2.05, 4.69) is 46.2 Å². The predicted octanol–water partition coefficient (Wildman–Crippen LogP) is 3.79. The van der Waals surface area contributed by atoms with Gasteiger partial charge >= 0.3 is 0 Å². The van der Waals surface area contributed by atoms with Crippen molar-refractivity contribution < 1.29 is 9.26 Å². The number of aromatic nitrogens is 2. The molecule has 0 bridgehead atoms. The van der Waals surface area contributed by atoms with Gasteiger partial charge in [-0.2, -0.15) is 4.98 Å². The third-order valence-electron chi connectivity index (χ3n) is 5.07. The molecular formula is C21H23N3O2. The standard InChI is InChI=1S/C21H23N3O2/c1-15(21-22-20(23-26-21)13-16-7-4-3-5-8-16)24-12-11-18-17(14-24)9-6-10-19(18)25-2/h3-10,15H,11-14H2,1-2H3. The van der Waals surface area contributed by atoms with E-state index in [-0.39, 0.29) is 6.04 Å². The molecule has 3 aromatic rings. The summed E-state index contributed by atoms with van der Waals surface area (Å²) in [5.74, 6) is 2.40. The van der Waals surface area contributed by atoms with Gasteiger partial charge in [0.1, 0.15) is 5.75 Å². The van der Waals surface area contributed by atoms with Gasteiger partial charge in [0.15, 0.2) is 5.82 Å². The lowest BCUT2D eigenvalue weighted by atomic mass is 9.97. The smallest absolute Gasteiger partial charge is 0.243 e. The van der Waals surface area contributed by atoms with Crippen LogP contribution in [0.4, 0.5) is 0 Å². The Hall–Kier alpha value is -2.66. The van der Waals surface area contributed by atoms with Crippen molar-refractivity contribution in [3.63, 3.8) is 0 Å². The molecule has 134 valence electrons. The minimum absolute atomic E-state index is 0.0892. The molecule has 0 N–H and O–H groups in total. The van der Waals surface area contributed by atoms with Crippen LogP contribution in [0.2, 0.25) is 0 Å². The minimum Gasteiger partial charge on any atom is -0.496 e. The van der Waals surface area contributed by atoms with Crippen molar-refractivity contribution >= 4 is 0 Å². The van der Waals surface area contributed by atoms with Gasteiger partial charge in [0, 0.05) is 19.5 Å². The van der Waals surface area contributed by atoms with Crippen molar-refractivity contribution in [3.05, 3.63) is 76.9 Å². The molecule has 0 saturated carbocycles. The Kier molecular flexibility index (Phi) is 4.71. The lowest BCUT2D eigenvalue weighted by Gasteiger charge is -2.32. The highest BCUT2D eigenvalue weighted by molar-refractivity contribution is 5.41. The summed E-state index contributed by atoms with van der Waals surface area (Å²) in [5.41, 5.74) is 3.81. The number of hydrogen-bond donors (Lipinski definition) is 0. The molecule has 1 atom stereocenters. The molecule has 1 aliphatic rings. The third-order valence-corrected chi connectivity index (χ3v) is 5.07. The second-order valence-electron chi connectivity index (χ2n) is 6.71. The number of methoxy groups -OCH3 is 1. The van der Waals surface area contributed by atoms with Gasteiger partial charge in [0.05, 0.1) is 13.2 Å². The average Bonchev–Trinajstić information content (AvgIpc) is 3.15. The number of rotatable bonds is 5. The van der Waals surface area contributed by atoms with Gasteiger partial charge in [-0.3, -0.25) is 4.90 Å². The van der Waals surface area contributed by atoms with E-state index in [0.717, 1.165) is 31.1 Å². The topological polar surface area (TPSA) is 51.4 Å². The molecule has 1 aliphatic heterocycles. The van der Waals surface area contributed by atoms with Crippen LogP contribution in [-0.2, 0) is 19.4 Å². The molecule has 0 spiro atoms. The summed E-state index contributed by atoms with van der Waals surface area (Å²) in [5, 5.41) is 4.17. The quantitative estimate of drug-likeness (QED) is 0.701. The van der Waals surface area contributed by atoms with Crippen molar-refractivity contribution in [2.24, 2.45) is 0 Å². The lowest BCUT2D eigenvalue weighted by molar-refractivity contribution is 0.157. The molecule has 1 unspecified atom stereocenters. The Morgan fingerprint density at radius 3 is 2.81 bits per heavy atom. The van der Waals surface area contributed by atoms with E-state index in [0.29, 0.717) is 12.3 Å². The van der Waals surface area contributed by atoms with E-state index in [9.17, 15) is 0 Å². The second-order valence-corrected chi connectivity index (χ2v) is 6.71. The zero-order valence-corrected chi connectivity index (χ0v) is 15.2. The Morgan fingerprint density at radius 2 is 2.00 bits per heavy atom. The van der Waals surface area contributed by atoms with E-state index < -0.39 is 0 Å². The van der Waals surface area contributed by atoms with Crippen LogP contribution in [0.25, 0.3) is 0 Å². The van der Waals surface area contributed by atoms with Crippen molar-refractivity contribution in [1.29, 1.82) is 0 Å². The Bertz CT molecular complexity index is 876. The number of ether oxygens (including phenoxy) is 1. The highest BCUT2D eigenvalue weighted by atomic mass is 16.5. The van der Waals surface area contributed by atoms with Crippen LogP contribution in [0.3, 0.4) is 0 Å². The van der Waals surface area contributed by atoms with Gasteiger partial charge in [-0.05, 0) is 36.1 Å². The molecule has 0 amide bonds. The maximum atomic E-state index is 5.56. The highest BCUT2D eigenvalue weighted by Gasteiger charge is 2.26. The first-order valence-electron chi connectivity index (χ1n) is 9.00. The summed E-state index contributed by atoms with van der Waals surface area (Å²) in [6.45, 7) is 3.94. The molecule has 0 radical (unpaired) electrons. The van der Waals surface area contributed by atoms with Crippen LogP contribution in [0, 0.1) is 0 Å². The van der Waals surface area contributed by atoms with Gasteiger partial charge < -0.3 is 9.26 Å². The Morgan fingerprint density at radius 1 is 1.15 bits per heavy atom. The maximum absolute atomic E-state index is 5.56. The first-order valence-corrected chi connectivity index (χ1v) is 9.00. The first kappa shape index (κ1) is 16.8. The monoisotopic (exact) mass is 349 g/mol. The Labute approximate surface area is 153 Å². The van der Waals surface area contributed by atoms with E-state index in [4.69, 9.17) is 9.26 Å². The van der Waals surface area contributed by atoms with Crippen LogP contribution < -0.4 is 4.74 Å². The van der Waals surface area contributed by atoms with Gasteiger partial charge in [-0.15, -0.1) is 0 Å². The van der Waals surface area contributed by atoms with Crippen LogP contribution in [0.1, 0.15) is 41.4 Å². The maximum Gasteiger partial charge on any atom is 0.243 e. The third kappa shape index (κ3) is 3.35. The average molecular weight is 349 g/mol. The summed E-state index contributed by atoms with van der Waals surface area (Å²) < 4.78 is 11.1. The largest absolute Gasteiger partial charge is 0.496 e. The number of hydrogen-bond acceptors (Lipinski definition) is 5. The van der Waals surface area contributed by atoms with Crippen LogP contribution in [0.5, 0.6) is 5.75 Å². The normalized spacial score (nSPS) is 15.5. The van der Waals surface area contributed by atoms with Gasteiger partial charge in [-0.1, -0.05) is 47.6 Å². The molecule has 0 fully saturated rings. The molecule has 0 aliphatic carbocycles. The number of benzene rings is 2. The number of fused-ring (bicyclic) bond motifs is 1. The van der Waals surface area contributed by atoms with E-state index in [1.165, 1.54) is 16.7 Å². The summed E-state index contributed by atoms with van der Waals surface area (Å²) in [6, 6.07) is 16.6. The van der Waals surface area contributed by atoms with Gasteiger partial charge in [0.25, 0.3) is 0 Å². The van der Waals surface area contributed by atoms with Crippen molar-refractivity contribution in [3.8, 4) is 5.75 Å². The highest BCUT2D eigenvalue weighted by Crippen LogP contribution is 2.31. The molecule has 5 nitrogen and oxygen atoms in total. The van der Waals surface area contributed by atoms with Crippen LogP contribution in [-0.4, -0.2) is 28.7 Å². The van der Waals surface area contributed by atoms with Gasteiger partial charge in [0.2, 0.25) is 5.89 Å². The molecule has 2 aromatic carbocycles. The van der Waals surface area contributed by atoms with Crippen molar-refractivity contribution in [2.45, 2.75) is 32.4 Å². The van der Waals surface area contributed by atoms with E-state index >= 15 is 0 Å². The SMILES string of the molecule is COc1cccc2c1CCN(C(C)c1nc(Cc3ccccc3)no1)C2. The molecular weight excluding hydrogens is 326 g/mol. The first-order chi connectivity index (χ1) is 12.7. The van der Waals surface area contributed by atoms with Gasteiger partial charge in [-0.25, -0.2) is 0 Å². The minimum atomic E-state index is 0.0892. The number of nitrogens with zero attached hydrogens (tertiary/aromatic N) is 3. The van der Waals surface area contributed by atoms with E-state index in [1.807, 2.05) is 24.3 Å². The summed E-state index contributed by atoms with van der Waals surface area (Å²) in [6.07, 6.45) is 1.66. The fourth-order valence-electron chi connectivity index (χ4n) is 3.56. The fraction of sp³-hybridized carbons (Fsp3) is 0.333. The molecule has 4 rings (SSSR count). The van der Waals surface area contributed by atoms with Crippen molar-refractivity contribution in [2.75, 3.05) is 13.7 Å². The summed E-state index contributed by atoms with van der Waals surface area (Å²) in [7, 11) is 1.73. The summed E-state index contributed by atoms with van der Waals surface area (Å²) >= 11 is 0. The van der Waals surface area contributed by atoms with Crippen molar-refractivity contribution in [1.82, 2.24) is 15.0 Å². The lowest BCUT2D eigenvalue weighted by Crippen LogP contribution is -2.33. The zero-order valence-electron chi connectivity index (χ0n) is 15.2. The van der Waals surface area contributed by atoms with Crippen LogP contribution in [0.15, 0.2) is 53.1 Å².